The van der Waals surface area contributed by atoms with Crippen LogP contribution in [-0.2, 0) is 14.3 Å². The number of nitrogens with zero attached hydrogens (tertiary/aromatic N) is 3. The molecule has 142 valence electrons. The number of ether oxygens (including phenoxy) is 1. The Balaban J connectivity index is 1.70. The number of aryl methyl sites for hydroxylation is 1. The molecule has 1 aliphatic rings. The van der Waals surface area contributed by atoms with Gasteiger partial charge in [-0.15, -0.1) is 0 Å². The van der Waals surface area contributed by atoms with Crippen LogP contribution in [0.4, 0.5) is 17.5 Å². The van der Waals surface area contributed by atoms with Gasteiger partial charge in [0.1, 0.15) is 18.4 Å². The van der Waals surface area contributed by atoms with E-state index in [0.29, 0.717) is 24.7 Å². The smallest absolute Gasteiger partial charge is 0.325 e. The van der Waals surface area contributed by atoms with Crippen molar-refractivity contribution in [3.05, 3.63) is 42.1 Å². The first-order valence-electron chi connectivity index (χ1n) is 8.85. The minimum absolute atomic E-state index is 0.143. The molecule has 0 bridgehead atoms. The third kappa shape index (κ3) is 4.72. The van der Waals surface area contributed by atoms with E-state index in [4.69, 9.17) is 0 Å². The molecule has 1 aromatic carbocycles. The lowest BCUT2D eigenvalue weighted by Crippen LogP contribution is -2.45. The molecule has 0 spiro atoms. The highest BCUT2D eigenvalue weighted by atomic mass is 16.5. The van der Waals surface area contributed by atoms with Gasteiger partial charge in [0.25, 0.3) is 0 Å². The number of amides is 1. The van der Waals surface area contributed by atoms with Gasteiger partial charge in [0.2, 0.25) is 11.9 Å². The Labute approximate surface area is 158 Å². The van der Waals surface area contributed by atoms with Crippen LogP contribution in [0, 0.1) is 6.92 Å². The molecule has 2 N–H and O–H groups in total. The summed E-state index contributed by atoms with van der Waals surface area (Å²) in [7, 11) is 1.29. The summed E-state index contributed by atoms with van der Waals surface area (Å²) in [5.41, 5.74) is 2.11. The van der Waals surface area contributed by atoms with E-state index >= 15 is 0 Å². The molecular formula is C19H23N5O3. The molecule has 1 amide bonds. The number of hydrogen-bond acceptors (Lipinski definition) is 7. The summed E-state index contributed by atoms with van der Waals surface area (Å²) in [4.78, 5) is 34.4. The SMILES string of the molecule is COC(=O)CNC(=O)C1CCCN1c1nccc(Nc2ccc(C)cc2)n1. The predicted octanol–water partition coefficient (Wildman–Crippen LogP) is 1.79. The number of carbonyl (C=O) groups is 2. The molecular weight excluding hydrogens is 346 g/mol. The molecule has 1 fully saturated rings. The van der Waals surface area contributed by atoms with Crippen molar-refractivity contribution in [3.8, 4) is 0 Å². The second-order valence-corrected chi connectivity index (χ2v) is 6.38. The van der Waals surface area contributed by atoms with Crippen LogP contribution in [-0.4, -0.2) is 48.1 Å². The zero-order valence-electron chi connectivity index (χ0n) is 15.4. The van der Waals surface area contributed by atoms with Crippen molar-refractivity contribution in [2.75, 3.05) is 30.4 Å². The molecule has 0 radical (unpaired) electrons. The van der Waals surface area contributed by atoms with Crippen molar-refractivity contribution in [2.45, 2.75) is 25.8 Å². The summed E-state index contributed by atoms with van der Waals surface area (Å²) in [6.07, 6.45) is 3.21. The van der Waals surface area contributed by atoms with Gasteiger partial charge in [-0.05, 0) is 38.0 Å². The summed E-state index contributed by atoms with van der Waals surface area (Å²) in [6, 6.07) is 9.39. The van der Waals surface area contributed by atoms with Crippen molar-refractivity contribution in [2.24, 2.45) is 0 Å². The topological polar surface area (TPSA) is 96.5 Å². The fourth-order valence-corrected chi connectivity index (χ4v) is 2.97. The van der Waals surface area contributed by atoms with Gasteiger partial charge in [-0.25, -0.2) is 4.98 Å². The lowest BCUT2D eigenvalue weighted by Gasteiger charge is -2.24. The molecule has 2 heterocycles. The maximum atomic E-state index is 12.4. The Morgan fingerprint density at radius 2 is 2.04 bits per heavy atom. The van der Waals surface area contributed by atoms with Crippen LogP contribution < -0.4 is 15.5 Å². The average Bonchev–Trinajstić information content (AvgIpc) is 3.18. The predicted molar refractivity (Wildman–Crippen MR) is 102 cm³/mol. The summed E-state index contributed by atoms with van der Waals surface area (Å²) >= 11 is 0. The second kappa shape index (κ2) is 8.48. The molecule has 27 heavy (non-hydrogen) atoms. The first-order valence-corrected chi connectivity index (χ1v) is 8.85. The third-order valence-corrected chi connectivity index (χ3v) is 4.41. The molecule has 0 aliphatic carbocycles. The van der Waals surface area contributed by atoms with Crippen LogP contribution in [0.3, 0.4) is 0 Å². The number of rotatable bonds is 6. The van der Waals surface area contributed by atoms with Crippen LogP contribution in [0.1, 0.15) is 18.4 Å². The molecule has 8 heteroatoms. The molecule has 1 saturated heterocycles. The molecule has 1 unspecified atom stereocenters. The lowest BCUT2D eigenvalue weighted by atomic mass is 10.2. The Morgan fingerprint density at radius 1 is 1.26 bits per heavy atom. The van der Waals surface area contributed by atoms with Crippen LogP contribution >= 0.6 is 0 Å². The lowest BCUT2D eigenvalue weighted by molar-refractivity contribution is -0.141. The summed E-state index contributed by atoms with van der Waals surface area (Å²) in [5, 5.41) is 5.86. The van der Waals surface area contributed by atoms with E-state index in [-0.39, 0.29) is 12.5 Å². The molecule has 3 rings (SSSR count). The van der Waals surface area contributed by atoms with Gasteiger partial charge in [0.05, 0.1) is 7.11 Å². The van der Waals surface area contributed by atoms with Gasteiger partial charge in [-0.1, -0.05) is 17.7 Å². The number of hydrogen-bond donors (Lipinski definition) is 2. The number of nitrogens with one attached hydrogen (secondary N) is 2. The fourth-order valence-electron chi connectivity index (χ4n) is 2.97. The summed E-state index contributed by atoms with van der Waals surface area (Å²) in [6.45, 7) is 2.57. The monoisotopic (exact) mass is 369 g/mol. The number of aromatic nitrogens is 2. The quantitative estimate of drug-likeness (QED) is 0.749. The van der Waals surface area contributed by atoms with Crippen molar-refractivity contribution in [1.82, 2.24) is 15.3 Å². The number of benzene rings is 1. The summed E-state index contributed by atoms with van der Waals surface area (Å²) < 4.78 is 4.55. The van der Waals surface area contributed by atoms with Gasteiger partial charge in [-0.2, -0.15) is 4.98 Å². The van der Waals surface area contributed by atoms with Crippen LogP contribution in [0.5, 0.6) is 0 Å². The zero-order valence-corrected chi connectivity index (χ0v) is 15.4. The van der Waals surface area contributed by atoms with Crippen LogP contribution in [0.2, 0.25) is 0 Å². The Hall–Kier alpha value is -3.16. The van der Waals surface area contributed by atoms with Crippen molar-refractivity contribution in [1.29, 1.82) is 0 Å². The first kappa shape index (κ1) is 18.6. The number of anilines is 3. The largest absolute Gasteiger partial charge is 0.468 e. The average molecular weight is 369 g/mol. The van der Waals surface area contributed by atoms with Crippen LogP contribution in [0.15, 0.2) is 36.5 Å². The van der Waals surface area contributed by atoms with E-state index in [1.165, 1.54) is 12.7 Å². The minimum atomic E-state index is -0.478. The maximum absolute atomic E-state index is 12.4. The van der Waals surface area contributed by atoms with E-state index in [1.54, 1.807) is 12.3 Å². The molecule has 1 aliphatic heterocycles. The van der Waals surface area contributed by atoms with Crippen molar-refractivity contribution >= 4 is 29.3 Å². The fraction of sp³-hybridized carbons (Fsp3) is 0.368. The normalized spacial score (nSPS) is 16.1. The third-order valence-electron chi connectivity index (χ3n) is 4.41. The Kier molecular flexibility index (Phi) is 5.85. The minimum Gasteiger partial charge on any atom is -0.468 e. The summed E-state index contributed by atoms with van der Waals surface area (Å²) in [5.74, 6) is 0.444. The Bertz CT molecular complexity index is 809. The molecule has 2 aromatic rings. The van der Waals surface area contributed by atoms with E-state index < -0.39 is 12.0 Å². The standard InChI is InChI=1S/C19H23N5O3/c1-13-5-7-14(8-6-13)22-16-9-10-20-19(23-16)24-11-3-4-15(24)18(26)21-12-17(25)27-2/h5-10,15H,3-4,11-12H2,1-2H3,(H,21,26)(H,20,22,23). The second-order valence-electron chi connectivity index (χ2n) is 6.38. The van der Waals surface area contributed by atoms with Gasteiger partial charge in [0.15, 0.2) is 0 Å². The maximum Gasteiger partial charge on any atom is 0.325 e. The molecule has 0 saturated carbocycles. The number of methoxy groups -OCH3 is 1. The van der Waals surface area contributed by atoms with E-state index in [2.05, 4.69) is 25.3 Å². The number of carbonyl (C=O) groups excluding carboxylic acids is 2. The Morgan fingerprint density at radius 3 is 2.78 bits per heavy atom. The van der Waals surface area contributed by atoms with Gasteiger partial charge >= 0.3 is 5.97 Å². The molecule has 1 aromatic heterocycles. The van der Waals surface area contributed by atoms with Crippen molar-refractivity contribution in [3.63, 3.8) is 0 Å². The van der Waals surface area contributed by atoms with E-state index in [9.17, 15) is 9.59 Å². The molecule has 1 atom stereocenters. The van der Waals surface area contributed by atoms with E-state index in [0.717, 1.165) is 12.1 Å². The number of esters is 1. The van der Waals surface area contributed by atoms with Crippen LogP contribution in [0.25, 0.3) is 0 Å². The van der Waals surface area contributed by atoms with Gasteiger partial charge in [-0.3, -0.25) is 9.59 Å². The molecule has 8 nitrogen and oxygen atoms in total. The van der Waals surface area contributed by atoms with Gasteiger partial charge in [0, 0.05) is 18.4 Å². The highest BCUT2D eigenvalue weighted by Crippen LogP contribution is 2.24. The highest BCUT2D eigenvalue weighted by molar-refractivity contribution is 5.88. The van der Waals surface area contributed by atoms with Gasteiger partial charge < -0.3 is 20.3 Å². The first-order chi connectivity index (χ1) is 13.1. The van der Waals surface area contributed by atoms with E-state index in [1.807, 2.05) is 36.1 Å². The zero-order chi connectivity index (χ0) is 19.2. The van der Waals surface area contributed by atoms with Crippen molar-refractivity contribution < 1.29 is 14.3 Å². The highest BCUT2D eigenvalue weighted by Gasteiger charge is 2.32.